The molecule has 0 fully saturated rings. The molecule has 5 nitrogen and oxygen atoms in total. The fraction of sp³-hybridized carbons (Fsp3) is 0.0909. The maximum absolute atomic E-state index is 13.1. The van der Waals surface area contributed by atoms with Crippen molar-refractivity contribution in [3.05, 3.63) is 94.3 Å². The summed E-state index contributed by atoms with van der Waals surface area (Å²) in [6, 6.07) is 17.8. The number of methoxy groups -OCH3 is 1. The van der Waals surface area contributed by atoms with E-state index in [1.54, 1.807) is 54.6 Å². The van der Waals surface area contributed by atoms with Crippen LogP contribution in [0.4, 0.5) is 4.39 Å². The molecule has 0 saturated heterocycles. The fourth-order valence-electron chi connectivity index (χ4n) is 2.51. The summed E-state index contributed by atoms with van der Waals surface area (Å²) >= 11 is 5.82. The molecule has 0 spiro atoms. The van der Waals surface area contributed by atoms with Gasteiger partial charge in [0.1, 0.15) is 12.4 Å². The van der Waals surface area contributed by atoms with Crippen LogP contribution in [0, 0.1) is 5.82 Å². The highest BCUT2D eigenvalue weighted by atomic mass is 35.5. The average Bonchev–Trinajstić information content (AvgIpc) is 2.74. The van der Waals surface area contributed by atoms with Crippen LogP contribution in [0.2, 0.25) is 5.02 Å². The first-order valence-corrected chi connectivity index (χ1v) is 9.08. The predicted octanol–water partition coefficient (Wildman–Crippen LogP) is 4.83. The van der Waals surface area contributed by atoms with Crippen LogP contribution in [-0.4, -0.2) is 19.2 Å². The summed E-state index contributed by atoms with van der Waals surface area (Å²) in [4.78, 5) is 12.1. The van der Waals surface area contributed by atoms with Crippen LogP contribution in [-0.2, 0) is 6.61 Å². The second-order valence-corrected chi connectivity index (χ2v) is 6.44. The Labute approximate surface area is 172 Å². The van der Waals surface area contributed by atoms with E-state index in [0.717, 1.165) is 5.56 Å². The van der Waals surface area contributed by atoms with E-state index >= 15 is 0 Å². The molecule has 1 N–H and O–H groups in total. The van der Waals surface area contributed by atoms with Gasteiger partial charge in [0.2, 0.25) is 0 Å². The van der Waals surface area contributed by atoms with Gasteiger partial charge in [-0.1, -0.05) is 29.8 Å². The summed E-state index contributed by atoms with van der Waals surface area (Å²) in [7, 11) is 1.53. The molecule has 3 aromatic carbocycles. The molecule has 0 bridgehead atoms. The van der Waals surface area contributed by atoms with Crippen LogP contribution in [0.3, 0.4) is 0 Å². The zero-order chi connectivity index (χ0) is 20.6. The molecule has 0 saturated carbocycles. The molecular formula is C22H18ClFN2O3. The molecule has 0 aromatic heterocycles. The molecule has 1 amide bonds. The number of carbonyl (C=O) groups excluding carboxylic acids is 1. The highest BCUT2D eigenvalue weighted by Gasteiger charge is 2.10. The van der Waals surface area contributed by atoms with E-state index in [1.807, 2.05) is 0 Å². The second-order valence-electron chi connectivity index (χ2n) is 6.00. The summed E-state index contributed by atoms with van der Waals surface area (Å²) in [5, 5.41) is 4.55. The van der Waals surface area contributed by atoms with Gasteiger partial charge in [0.05, 0.1) is 13.3 Å². The molecule has 29 heavy (non-hydrogen) atoms. The maximum atomic E-state index is 13.1. The Morgan fingerprint density at radius 1 is 1.10 bits per heavy atom. The van der Waals surface area contributed by atoms with Crippen LogP contribution in [0.5, 0.6) is 11.5 Å². The van der Waals surface area contributed by atoms with Crippen molar-refractivity contribution in [1.29, 1.82) is 0 Å². The zero-order valence-corrected chi connectivity index (χ0v) is 16.3. The SMILES string of the molecule is COc1cccc(/C=N/NC(=O)c2ccc(Cl)cc2)c1OCc1ccc(F)cc1. The van der Waals surface area contributed by atoms with Gasteiger partial charge in [-0.05, 0) is 54.1 Å². The molecule has 0 aliphatic rings. The number of nitrogens with one attached hydrogen (secondary N) is 1. The number of benzene rings is 3. The Hall–Kier alpha value is -3.38. The normalized spacial score (nSPS) is 10.7. The minimum absolute atomic E-state index is 0.221. The van der Waals surface area contributed by atoms with Gasteiger partial charge in [0, 0.05) is 16.1 Å². The topological polar surface area (TPSA) is 59.9 Å². The van der Waals surface area contributed by atoms with E-state index in [2.05, 4.69) is 10.5 Å². The summed E-state index contributed by atoms with van der Waals surface area (Å²) < 4.78 is 24.3. The number of para-hydroxylation sites is 1. The lowest BCUT2D eigenvalue weighted by atomic mass is 10.2. The number of halogens is 2. The first kappa shape index (κ1) is 20.4. The van der Waals surface area contributed by atoms with Gasteiger partial charge in [-0.15, -0.1) is 0 Å². The molecule has 0 radical (unpaired) electrons. The molecule has 3 rings (SSSR count). The molecular weight excluding hydrogens is 395 g/mol. The Morgan fingerprint density at radius 2 is 1.83 bits per heavy atom. The number of rotatable bonds is 7. The number of hydrogen-bond acceptors (Lipinski definition) is 4. The van der Waals surface area contributed by atoms with Gasteiger partial charge >= 0.3 is 0 Å². The van der Waals surface area contributed by atoms with Crippen LogP contribution in [0.15, 0.2) is 71.8 Å². The van der Waals surface area contributed by atoms with Crippen molar-refractivity contribution in [3.8, 4) is 11.5 Å². The third-order valence-electron chi connectivity index (χ3n) is 4.00. The first-order chi connectivity index (χ1) is 14.1. The third-order valence-corrected chi connectivity index (χ3v) is 4.25. The Morgan fingerprint density at radius 3 is 2.52 bits per heavy atom. The van der Waals surface area contributed by atoms with E-state index in [1.165, 1.54) is 25.5 Å². The average molecular weight is 413 g/mol. The van der Waals surface area contributed by atoms with Gasteiger partial charge in [0.15, 0.2) is 11.5 Å². The van der Waals surface area contributed by atoms with Crippen molar-refractivity contribution in [3.63, 3.8) is 0 Å². The second kappa shape index (κ2) is 9.71. The van der Waals surface area contributed by atoms with Gasteiger partial charge in [-0.2, -0.15) is 5.10 Å². The van der Waals surface area contributed by atoms with E-state index < -0.39 is 0 Å². The number of nitrogens with zero attached hydrogens (tertiary/aromatic N) is 1. The van der Waals surface area contributed by atoms with Crippen molar-refractivity contribution in [2.45, 2.75) is 6.61 Å². The Bertz CT molecular complexity index is 1010. The quantitative estimate of drug-likeness (QED) is 0.446. The minimum Gasteiger partial charge on any atom is -0.493 e. The van der Waals surface area contributed by atoms with E-state index in [4.69, 9.17) is 21.1 Å². The Balaban J connectivity index is 1.72. The smallest absolute Gasteiger partial charge is 0.271 e. The lowest BCUT2D eigenvalue weighted by molar-refractivity contribution is 0.0955. The number of carbonyl (C=O) groups is 1. The van der Waals surface area contributed by atoms with Gasteiger partial charge in [-0.3, -0.25) is 4.79 Å². The molecule has 0 atom stereocenters. The fourth-order valence-corrected chi connectivity index (χ4v) is 2.64. The van der Waals surface area contributed by atoms with Crippen LogP contribution < -0.4 is 14.9 Å². The van der Waals surface area contributed by atoms with Crippen molar-refractivity contribution >= 4 is 23.7 Å². The summed E-state index contributed by atoms with van der Waals surface area (Å²) in [5.74, 6) is 0.300. The van der Waals surface area contributed by atoms with Crippen LogP contribution in [0.25, 0.3) is 0 Å². The summed E-state index contributed by atoms with van der Waals surface area (Å²) in [6.07, 6.45) is 1.47. The number of amides is 1. The monoisotopic (exact) mass is 412 g/mol. The highest BCUT2D eigenvalue weighted by Crippen LogP contribution is 2.30. The molecule has 3 aromatic rings. The van der Waals surface area contributed by atoms with Crippen molar-refractivity contribution in [2.24, 2.45) is 5.10 Å². The van der Waals surface area contributed by atoms with E-state index in [9.17, 15) is 9.18 Å². The third kappa shape index (κ3) is 5.56. The predicted molar refractivity (Wildman–Crippen MR) is 110 cm³/mol. The standard InChI is InChI=1S/C22H18ClFN2O3/c1-28-20-4-2-3-17(21(20)29-14-15-5-11-19(24)12-6-15)13-25-26-22(27)16-7-9-18(23)10-8-16/h2-13H,14H2,1H3,(H,26,27)/b25-13+. The molecule has 0 heterocycles. The number of hydrogen-bond donors (Lipinski definition) is 1. The van der Waals surface area contributed by atoms with E-state index in [-0.39, 0.29) is 18.3 Å². The molecule has 0 aliphatic heterocycles. The number of hydrazone groups is 1. The van der Waals surface area contributed by atoms with Crippen LogP contribution in [0.1, 0.15) is 21.5 Å². The molecule has 7 heteroatoms. The van der Waals surface area contributed by atoms with E-state index in [0.29, 0.717) is 27.6 Å². The minimum atomic E-state index is -0.366. The molecule has 0 unspecified atom stereocenters. The largest absolute Gasteiger partial charge is 0.493 e. The maximum Gasteiger partial charge on any atom is 0.271 e. The van der Waals surface area contributed by atoms with Gasteiger partial charge in [0.25, 0.3) is 5.91 Å². The lowest BCUT2D eigenvalue weighted by Gasteiger charge is -2.13. The first-order valence-electron chi connectivity index (χ1n) is 8.70. The van der Waals surface area contributed by atoms with Gasteiger partial charge < -0.3 is 9.47 Å². The lowest BCUT2D eigenvalue weighted by Crippen LogP contribution is -2.17. The summed E-state index contributed by atoms with van der Waals surface area (Å²) in [5.41, 5.74) is 4.31. The Kier molecular flexibility index (Phi) is 6.81. The van der Waals surface area contributed by atoms with Crippen LogP contribution >= 0.6 is 11.6 Å². The van der Waals surface area contributed by atoms with Crippen molar-refractivity contribution < 1.29 is 18.7 Å². The van der Waals surface area contributed by atoms with Crippen molar-refractivity contribution in [1.82, 2.24) is 5.43 Å². The summed E-state index contributed by atoms with van der Waals surface area (Å²) in [6.45, 7) is 0.221. The molecule has 0 aliphatic carbocycles. The van der Waals surface area contributed by atoms with Gasteiger partial charge in [-0.25, -0.2) is 9.82 Å². The highest BCUT2D eigenvalue weighted by molar-refractivity contribution is 6.30. The zero-order valence-electron chi connectivity index (χ0n) is 15.6. The molecule has 148 valence electrons. The van der Waals surface area contributed by atoms with Crippen molar-refractivity contribution in [2.75, 3.05) is 7.11 Å². The number of ether oxygens (including phenoxy) is 2.